The summed E-state index contributed by atoms with van der Waals surface area (Å²) in [6.07, 6.45) is 7.90. The fraction of sp³-hybridized carbons (Fsp3) is 0.286. The highest BCUT2D eigenvalue weighted by Gasteiger charge is 1.99. The molecule has 0 fully saturated rings. The Hall–Kier alpha value is -2.04. The van der Waals surface area contributed by atoms with Gasteiger partial charge in [-0.1, -0.05) is 74.0 Å². The second kappa shape index (κ2) is 9.00. The van der Waals surface area contributed by atoms with Crippen LogP contribution in [0.2, 0.25) is 0 Å². The molecule has 0 aliphatic heterocycles. The van der Waals surface area contributed by atoms with Gasteiger partial charge in [-0.15, -0.1) is 5.73 Å². The van der Waals surface area contributed by atoms with Gasteiger partial charge < -0.3 is 0 Å². The van der Waals surface area contributed by atoms with Gasteiger partial charge in [0.25, 0.3) is 0 Å². The van der Waals surface area contributed by atoms with Crippen LogP contribution < -0.4 is 0 Å². The number of aryl methyl sites for hydroxylation is 1. The molecule has 2 rings (SSSR count). The molecule has 0 N–H and O–H groups in total. The summed E-state index contributed by atoms with van der Waals surface area (Å²) < 4.78 is 0. The molecular weight excluding hydrogens is 252 g/mol. The van der Waals surface area contributed by atoms with Crippen LogP contribution in [0.1, 0.15) is 43.7 Å². The van der Waals surface area contributed by atoms with E-state index in [1.807, 2.05) is 0 Å². The summed E-state index contributed by atoms with van der Waals surface area (Å²) in [6, 6.07) is 21.3. The van der Waals surface area contributed by atoms with Crippen molar-refractivity contribution < 1.29 is 0 Å². The lowest BCUT2D eigenvalue weighted by Crippen LogP contribution is -1.84. The third-order valence-electron chi connectivity index (χ3n) is 3.60. The van der Waals surface area contributed by atoms with Crippen molar-refractivity contribution in [3.8, 4) is 0 Å². The van der Waals surface area contributed by atoms with Crippen molar-refractivity contribution >= 4 is 5.57 Å². The Morgan fingerprint density at radius 1 is 0.952 bits per heavy atom. The average molecular weight is 276 g/mol. The summed E-state index contributed by atoms with van der Waals surface area (Å²) in [5.41, 5.74) is 7.57. The van der Waals surface area contributed by atoms with Crippen LogP contribution in [0.3, 0.4) is 0 Å². The molecule has 0 aromatic heterocycles. The molecule has 0 aliphatic carbocycles. The maximum Gasteiger partial charge on any atom is 0.000867 e. The van der Waals surface area contributed by atoms with Crippen molar-refractivity contribution in [3.63, 3.8) is 0 Å². The molecule has 0 saturated heterocycles. The Kier molecular flexibility index (Phi) is 6.58. The highest BCUT2D eigenvalue weighted by atomic mass is 14.0. The first-order chi connectivity index (χ1) is 10.4. The smallest absolute Gasteiger partial charge is 0.000867 e. The Balaban J connectivity index is 2.03. The molecule has 0 amide bonds. The van der Waals surface area contributed by atoms with Gasteiger partial charge in [0.2, 0.25) is 0 Å². The van der Waals surface area contributed by atoms with E-state index in [-0.39, 0.29) is 0 Å². The molecular formula is C21H24. The molecule has 108 valence electrons. The van der Waals surface area contributed by atoms with E-state index >= 15 is 0 Å². The minimum atomic E-state index is 1.05. The van der Waals surface area contributed by atoms with Crippen LogP contribution >= 0.6 is 0 Å². The zero-order valence-electron chi connectivity index (χ0n) is 12.9. The predicted molar refractivity (Wildman–Crippen MR) is 92.2 cm³/mol. The average Bonchev–Trinajstić information content (AvgIpc) is 2.56. The van der Waals surface area contributed by atoms with E-state index in [1.54, 1.807) is 0 Å². The minimum Gasteiger partial charge on any atom is -0.121 e. The summed E-state index contributed by atoms with van der Waals surface area (Å²) in [5.74, 6) is 0. The van der Waals surface area contributed by atoms with Crippen LogP contribution in [0.25, 0.3) is 5.57 Å². The van der Waals surface area contributed by atoms with Crippen molar-refractivity contribution in [1.82, 2.24) is 0 Å². The maximum atomic E-state index is 3.53. The van der Waals surface area contributed by atoms with E-state index in [9.17, 15) is 0 Å². The van der Waals surface area contributed by atoms with Crippen molar-refractivity contribution in [2.24, 2.45) is 0 Å². The summed E-state index contributed by atoms with van der Waals surface area (Å²) in [5, 5.41) is 0. The molecule has 0 radical (unpaired) electrons. The predicted octanol–water partition coefficient (Wildman–Crippen LogP) is 6.05. The highest BCUT2D eigenvalue weighted by Crippen LogP contribution is 2.19. The van der Waals surface area contributed by atoms with Crippen LogP contribution in [0.4, 0.5) is 0 Å². The largest absolute Gasteiger partial charge is 0.121 e. The molecule has 2 aromatic rings. The first-order valence-electron chi connectivity index (χ1n) is 7.93. The van der Waals surface area contributed by atoms with Gasteiger partial charge in [0.15, 0.2) is 0 Å². The Morgan fingerprint density at radius 3 is 2.29 bits per heavy atom. The zero-order valence-corrected chi connectivity index (χ0v) is 12.9. The molecule has 2 aromatic carbocycles. The molecule has 0 nitrogen and oxygen atoms in total. The van der Waals surface area contributed by atoms with Crippen molar-refractivity contribution in [1.29, 1.82) is 0 Å². The van der Waals surface area contributed by atoms with Gasteiger partial charge >= 0.3 is 0 Å². The number of benzene rings is 2. The molecule has 0 heterocycles. The number of hydrogen-bond donors (Lipinski definition) is 0. The molecule has 0 aliphatic rings. The van der Waals surface area contributed by atoms with E-state index in [2.05, 4.69) is 79.4 Å². The molecule has 21 heavy (non-hydrogen) atoms. The van der Waals surface area contributed by atoms with E-state index in [1.165, 1.54) is 29.5 Å². The van der Waals surface area contributed by atoms with Crippen molar-refractivity contribution in [2.75, 3.05) is 0 Å². The van der Waals surface area contributed by atoms with Crippen molar-refractivity contribution in [2.45, 2.75) is 39.0 Å². The van der Waals surface area contributed by atoms with E-state index < -0.39 is 0 Å². The number of unbranched alkanes of at least 4 members (excludes halogenated alkanes) is 1. The molecule has 0 heteroatoms. The molecule has 0 spiro atoms. The summed E-state index contributed by atoms with van der Waals surface area (Å²) in [6.45, 7) is 2.24. The number of allylic oxidation sites excluding steroid dienone is 1. The fourth-order valence-corrected chi connectivity index (χ4v) is 2.37. The number of hydrogen-bond acceptors (Lipinski definition) is 0. The van der Waals surface area contributed by atoms with Gasteiger partial charge in [-0.25, -0.2) is 0 Å². The summed E-state index contributed by atoms with van der Waals surface area (Å²) >= 11 is 0. The van der Waals surface area contributed by atoms with Crippen LogP contribution in [0, 0.1) is 0 Å². The monoisotopic (exact) mass is 276 g/mol. The van der Waals surface area contributed by atoms with Crippen LogP contribution in [-0.4, -0.2) is 0 Å². The van der Waals surface area contributed by atoms with Crippen LogP contribution in [0.5, 0.6) is 0 Å². The molecule has 0 bridgehead atoms. The molecule has 0 unspecified atom stereocenters. The van der Waals surface area contributed by atoms with Gasteiger partial charge in [0.05, 0.1) is 0 Å². The summed E-state index contributed by atoms with van der Waals surface area (Å²) in [4.78, 5) is 0. The first-order valence-corrected chi connectivity index (χ1v) is 7.93. The minimum absolute atomic E-state index is 1.05. The first kappa shape index (κ1) is 15.4. The lowest BCUT2D eigenvalue weighted by atomic mass is 10.0. The molecule has 0 atom stereocenters. The van der Waals surface area contributed by atoms with Gasteiger partial charge in [-0.2, -0.15) is 0 Å². The van der Waals surface area contributed by atoms with Gasteiger partial charge in [0, 0.05) is 5.57 Å². The number of rotatable bonds is 7. The standard InChI is InChI=1S/C21H24/c1-2-3-15-20(21-16-8-5-9-17-21)18-11-10-14-19-12-6-4-7-13-19/h4-9,11-13,16-17H,2-3,10,14-15H2,1H3. The Labute approximate surface area is 128 Å². The van der Waals surface area contributed by atoms with E-state index in [0.717, 1.165) is 19.3 Å². The lowest BCUT2D eigenvalue weighted by Gasteiger charge is -2.04. The van der Waals surface area contributed by atoms with Crippen molar-refractivity contribution in [3.05, 3.63) is 83.6 Å². The maximum absolute atomic E-state index is 3.53. The quantitative estimate of drug-likeness (QED) is 0.540. The van der Waals surface area contributed by atoms with E-state index in [4.69, 9.17) is 0 Å². The third kappa shape index (κ3) is 5.45. The van der Waals surface area contributed by atoms with E-state index in [0.29, 0.717) is 0 Å². The van der Waals surface area contributed by atoms with Crippen LogP contribution in [-0.2, 0) is 6.42 Å². The Morgan fingerprint density at radius 2 is 1.62 bits per heavy atom. The fourth-order valence-electron chi connectivity index (χ4n) is 2.37. The third-order valence-corrected chi connectivity index (χ3v) is 3.60. The van der Waals surface area contributed by atoms with Gasteiger partial charge in [-0.05, 0) is 42.9 Å². The topological polar surface area (TPSA) is 0 Å². The highest BCUT2D eigenvalue weighted by molar-refractivity contribution is 5.64. The molecule has 0 saturated carbocycles. The van der Waals surface area contributed by atoms with Gasteiger partial charge in [0.1, 0.15) is 0 Å². The Bertz CT molecular complexity index is 572. The van der Waals surface area contributed by atoms with Crippen LogP contribution in [0.15, 0.2) is 72.5 Å². The normalized spacial score (nSPS) is 9.95. The second-order valence-electron chi connectivity index (χ2n) is 5.32. The SMILES string of the molecule is CCCCC(=C=CCCc1ccccc1)c1ccccc1. The zero-order chi connectivity index (χ0) is 14.8. The van der Waals surface area contributed by atoms with Gasteiger partial charge in [-0.3, -0.25) is 0 Å². The summed E-state index contributed by atoms with van der Waals surface area (Å²) in [7, 11) is 0. The second-order valence-corrected chi connectivity index (χ2v) is 5.32. The lowest BCUT2D eigenvalue weighted by molar-refractivity contribution is 0.824.